The van der Waals surface area contributed by atoms with E-state index in [2.05, 4.69) is 5.32 Å². The third-order valence-corrected chi connectivity index (χ3v) is 3.90. The van der Waals surface area contributed by atoms with Crippen LogP contribution in [0.4, 0.5) is 8.78 Å². The van der Waals surface area contributed by atoms with Crippen molar-refractivity contribution in [1.29, 1.82) is 0 Å². The zero-order valence-corrected chi connectivity index (χ0v) is 12.0. The Kier molecular flexibility index (Phi) is 3.77. The van der Waals surface area contributed by atoms with E-state index in [0.717, 1.165) is 11.8 Å². The van der Waals surface area contributed by atoms with Gasteiger partial charge in [-0.1, -0.05) is 0 Å². The molecule has 1 aromatic carbocycles. The van der Waals surface area contributed by atoms with Crippen LogP contribution in [0.25, 0.3) is 0 Å². The van der Waals surface area contributed by atoms with Crippen molar-refractivity contribution in [3.63, 3.8) is 0 Å². The highest BCUT2D eigenvalue weighted by molar-refractivity contribution is 7.80. The predicted molar refractivity (Wildman–Crippen MR) is 77.7 cm³/mol. The molecule has 0 spiro atoms. The summed E-state index contributed by atoms with van der Waals surface area (Å²) in [5, 5.41) is 4.59. The molecule has 0 aromatic heterocycles. The molecule has 111 valence electrons. The first-order chi connectivity index (χ1) is 10.1. The van der Waals surface area contributed by atoms with E-state index < -0.39 is 11.6 Å². The number of nitrogens with two attached hydrogens (primary N) is 1. The molecule has 1 radical (unpaired) electrons. The lowest BCUT2D eigenvalue weighted by molar-refractivity contribution is 0.195. The van der Waals surface area contributed by atoms with Gasteiger partial charge in [-0.05, 0) is 30.4 Å². The number of nitrogens with zero attached hydrogens (tertiary/aromatic N) is 2. The van der Waals surface area contributed by atoms with Crippen LogP contribution in [0.3, 0.4) is 0 Å². The molecule has 2 heterocycles. The fourth-order valence-corrected chi connectivity index (χ4v) is 2.95. The van der Waals surface area contributed by atoms with E-state index in [1.165, 1.54) is 6.07 Å². The average Bonchev–Trinajstić information content (AvgIpc) is 2.81. The van der Waals surface area contributed by atoms with E-state index in [0.29, 0.717) is 42.4 Å². The van der Waals surface area contributed by atoms with Gasteiger partial charge >= 0.3 is 0 Å². The summed E-state index contributed by atoms with van der Waals surface area (Å²) in [6.45, 7) is 0.833. The Hall–Kier alpha value is -1.73. The maximum Gasteiger partial charge on any atom is 0.200 e. The lowest BCUT2D eigenvalue weighted by Crippen LogP contribution is -2.44. The molecule has 0 amide bonds. The van der Waals surface area contributed by atoms with Crippen LogP contribution >= 0.6 is 12.2 Å². The molecule has 0 saturated heterocycles. The van der Waals surface area contributed by atoms with Crippen LogP contribution in [0.15, 0.2) is 24.0 Å². The standard InChI is InChI=1S/C14H14F2N3OS/c15-11-4-8-3-10(7-20-13(8)5-12(11)16)19-9(1-2-17)6-18-14(19)21/h4-6,10H,1-3,7,17H2. The van der Waals surface area contributed by atoms with Crippen LogP contribution in [0.1, 0.15) is 12.0 Å². The first-order valence-corrected chi connectivity index (χ1v) is 7.05. The minimum Gasteiger partial charge on any atom is -0.491 e. The molecule has 1 aromatic rings. The number of rotatable bonds is 3. The maximum atomic E-state index is 13.4. The Bertz CT molecular complexity index is 620. The molecule has 4 nitrogen and oxygen atoms in total. The van der Waals surface area contributed by atoms with Gasteiger partial charge in [-0.25, -0.2) is 14.1 Å². The van der Waals surface area contributed by atoms with E-state index in [1.54, 1.807) is 6.20 Å². The summed E-state index contributed by atoms with van der Waals surface area (Å²) in [4.78, 5) is 1.90. The van der Waals surface area contributed by atoms with Crippen LogP contribution < -0.4 is 15.8 Å². The van der Waals surface area contributed by atoms with Crippen molar-refractivity contribution in [2.75, 3.05) is 13.2 Å². The van der Waals surface area contributed by atoms with Crippen molar-refractivity contribution >= 4 is 17.3 Å². The number of ether oxygens (including phenoxy) is 1. The van der Waals surface area contributed by atoms with Crippen molar-refractivity contribution in [3.8, 4) is 5.75 Å². The van der Waals surface area contributed by atoms with E-state index in [9.17, 15) is 8.78 Å². The minimum atomic E-state index is -0.900. The Morgan fingerprint density at radius 1 is 1.38 bits per heavy atom. The van der Waals surface area contributed by atoms with Gasteiger partial charge in [0.05, 0.1) is 6.04 Å². The highest BCUT2D eigenvalue weighted by atomic mass is 32.1. The van der Waals surface area contributed by atoms with Crippen molar-refractivity contribution in [3.05, 3.63) is 41.2 Å². The summed E-state index contributed by atoms with van der Waals surface area (Å²) in [5.74, 6) is -1.39. The summed E-state index contributed by atoms with van der Waals surface area (Å²) in [7, 11) is 0. The lowest BCUT2D eigenvalue weighted by atomic mass is 10.0. The number of hydrogen-bond acceptors (Lipinski definition) is 3. The Labute approximate surface area is 126 Å². The Balaban J connectivity index is 1.84. The number of hydrogen-bond donors (Lipinski definition) is 1. The van der Waals surface area contributed by atoms with E-state index in [1.807, 2.05) is 4.90 Å². The van der Waals surface area contributed by atoms with Gasteiger partial charge in [0.2, 0.25) is 0 Å². The van der Waals surface area contributed by atoms with Crippen molar-refractivity contribution in [1.82, 2.24) is 10.2 Å². The second kappa shape index (κ2) is 5.57. The van der Waals surface area contributed by atoms with Crippen LogP contribution in [-0.4, -0.2) is 29.2 Å². The third kappa shape index (κ3) is 2.58. The second-order valence-corrected chi connectivity index (χ2v) is 5.35. The molecule has 7 heteroatoms. The maximum absolute atomic E-state index is 13.4. The van der Waals surface area contributed by atoms with Crippen LogP contribution in [-0.2, 0) is 6.42 Å². The monoisotopic (exact) mass is 310 g/mol. The zero-order valence-electron chi connectivity index (χ0n) is 11.2. The van der Waals surface area contributed by atoms with Gasteiger partial charge in [-0.15, -0.1) is 0 Å². The molecule has 1 atom stereocenters. The number of fused-ring (bicyclic) bond motifs is 1. The number of benzene rings is 1. The first kappa shape index (κ1) is 14.2. The molecule has 0 fully saturated rings. The summed E-state index contributed by atoms with van der Waals surface area (Å²) < 4.78 is 32.1. The number of halogens is 2. The summed E-state index contributed by atoms with van der Waals surface area (Å²) >= 11 is 5.23. The van der Waals surface area contributed by atoms with Gasteiger partial charge < -0.3 is 15.4 Å². The normalized spacial score (nSPS) is 20.7. The smallest absolute Gasteiger partial charge is 0.200 e. The van der Waals surface area contributed by atoms with E-state index in [-0.39, 0.29) is 6.04 Å². The minimum absolute atomic E-state index is 0.0843. The Morgan fingerprint density at radius 3 is 2.90 bits per heavy atom. The van der Waals surface area contributed by atoms with E-state index >= 15 is 0 Å². The summed E-state index contributed by atoms with van der Waals surface area (Å²) in [6.07, 6.45) is 2.88. The van der Waals surface area contributed by atoms with Crippen LogP contribution in [0, 0.1) is 11.6 Å². The SMILES string of the molecule is NCCC1=C[N]C(=S)N1C1COc2cc(F)c(F)cc2C1. The van der Waals surface area contributed by atoms with Crippen molar-refractivity contribution < 1.29 is 13.5 Å². The summed E-state index contributed by atoms with van der Waals surface area (Å²) in [6, 6.07) is 2.18. The highest BCUT2D eigenvalue weighted by Gasteiger charge is 2.33. The highest BCUT2D eigenvalue weighted by Crippen LogP contribution is 2.31. The fraction of sp³-hybridized carbons (Fsp3) is 0.357. The second-order valence-electron chi connectivity index (χ2n) is 4.98. The van der Waals surface area contributed by atoms with E-state index in [4.69, 9.17) is 22.7 Å². The zero-order chi connectivity index (χ0) is 15.0. The lowest BCUT2D eigenvalue weighted by Gasteiger charge is -2.34. The average molecular weight is 310 g/mol. The largest absolute Gasteiger partial charge is 0.491 e. The molecular weight excluding hydrogens is 296 g/mol. The third-order valence-electron chi connectivity index (χ3n) is 3.60. The van der Waals surface area contributed by atoms with Gasteiger partial charge in [-0.2, -0.15) is 0 Å². The molecule has 0 saturated carbocycles. The molecule has 21 heavy (non-hydrogen) atoms. The predicted octanol–water partition coefficient (Wildman–Crippen LogP) is 1.66. The Morgan fingerprint density at radius 2 is 2.14 bits per heavy atom. The van der Waals surface area contributed by atoms with Crippen LogP contribution in [0.5, 0.6) is 5.75 Å². The van der Waals surface area contributed by atoms with Gasteiger partial charge in [0.25, 0.3) is 0 Å². The molecule has 0 aliphatic carbocycles. The van der Waals surface area contributed by atoms with Gasteiger partial charge in [0.15, 0.2) is 16.7 Å². The fourth-order valence-electron chi connectivity index (χ4n) is 2.63. The molecule has 3 rings (SSSR count). The molecule has 2 N–H and O–H groups in total. The molecular formula is C14H14F2N3OS. The van der Waals surface area contributed by atoms with Gasteiger partial charge in [-0.3, -0.25) is 0 Å². The molecule has 0 bridgehead atoms. The summed E-state index contributed by atoms with van der Waals surface area (Å²) in [5.41, 5.74) is 7.15. The topological polar surface area (TPSA) is 52.6 Å². The van der Waals surface area contributed by atoms with Crippen molar-refractivity contribution in [2.24, 2.45) is 5.73 Å². The molecule has 1 unspecified atom stereocenters. The van der Waals surface area contributed by atoms with Gasteiger partial charge in [0, 0.05) is 30.8 Å². The quantitative estimate of drug-likeness (QED) is 0.863. The first-order valence-electron chi connectivity index (χ1n) is 6.64. The molecule has 2 aliphatic rings. The van der Waals surface area contributed by atoms with Crippen molar-refractivity contribution in [2.45, 2.75) is 18.9 Å². The number of thiocarbonyl (C=S) groups is 1. The molecule has 2 aliphatic heterocycles. The van der Waals surface area contributed by atoms with Crippen LogP contribution in [0.2, 0.25) is 0 Å². The van der Waals surface area contributed by atoms with Gasteiger partial charge in [0.1, 0.15) is 12.4 Å².